The van der Waals surface area contributed by atoms with Gasteiger partial charge in [-0.05, 0) is 49.4 Å². The maximum atomic E-state index is 12.2. The van der Waals surface area contributed by atoms with Gasteiger partial charge in [0.15, 0.2) is 18.6 Å². The minimum atomic E-state index is -0.630. The molecule has 0 spiro atoms. The smallest absolute Gasteiger partial charge is 0.338 e. The van der Waals surface area contributed by atoms with Crippen molar-refractivity contribution >= 4 is 39.3 Å². The van der Waals surface area contributed by atoms with E-state index in [1.54, 1.807) is 12.1 Å². The number of benzene rings is 1. The molecule has 1 N–H and O–H groups in total. The Morgan fingerprint density at radius 2 is 2.19 bits per heavy atom. The minimum Gasteiger partial charge on any atom is -0.452 e. The molecule has 2 heterocycles. The number of anilines is 1. The van der Waals surface area contributed by atoms with Crippen molar-refractivity contribution in [2.24, 2.45) is 0 Å². The van der Waals surface area contributed by atoms with Gasteiger partial charge >= 0.3 is 5.97 Å². The third-order valence-electron chi connectivity index (χ3n) is 4.44. The minimum absolute atomic E-state index is 0.274. The van der Waals surface area contributed by atoms with Crippen molar-refractivity contribution in [2.75, 3.05) is 11.9 Å². The van der Waals surface area contributed by atoms with E-state index in [1.165, 1.54) is 23.8 Å². The number of nitriles is 1. The van der Waals surface area contributed by atoms with Crippen molar-refractivity contribution < 1.29 is 18.7 Å². The lowest BCUT2D eigenvalue weighted by atomic mass is 9.96. The highest BCUT2D eigenvalue weighted by atomic mass is 32.1. The number of aromatic nitrogens is 1. The number of fused-ring (bicyclic) bond motifs is 2. The molecule has 1 aromatic carbocycles. The molecule has 0 bridgehead atoms. The van der Waals surface area contributed by atoms with Crippen LogP contribution in [0.15, 0.2) is 29.0 Å². The highest BCUT2D eigenvalue weighted by Gasteiger charge is 2.22. The van der Waals surface area contributed by atoms with Crippen molar-refractivity contribution in [1.29, 1.82) is 5.26 Å². The number of nitrogens with one attached hydrogen (secondary N) is 1. The number of hydrogen-bond donors (Lipinski definition) is 1. The number of thiophene rings is 1. The third-order valence-corrected chi connectivity index (χ3v) is 5.64. The zero-order valence-corrected chi connectivity index (χ0v) is 15.1. The van der Waals surface area contributed by atoms with Crippen LogP contribution in [0.25, 0.3) is 11.1 Å². The number of oxazole rings is 1. The molecule has 8 heteroatoms. The van der Waals surface area contributed by atoms with E-state index in [9.17, 15) is 14.9 Å². The lowest BCUT2D eigenvalue weighted by molar-refractivity contribution is -0.119. The number of carbonyl (C=O) groups excluding carboxylic acids is 2. The maximum Gasteiger partial charge on any atom is 0.338 e. The van der Waals surface area contributed by atoms with Gasteiger partial charge in [-0.2, -0.15) is 5.26 Å². The van der Waals surface area contributed by atoms with Crippen LogP contribution in [0.2, 0.25) is 0 Å². The molecule has 2 aromatic heterocycles. The Balaban J connectivity index is 1.40. The first-order valence-electron chi connectivity index (χ1n) is 8.50. The number of rotatable bonds is 4. The summed E-state index contributed by atoms with van der Waals surface area (Å²) >= 11 is 1.43. The predicted molar refractivity (Wildman–Crippen MR) is 98.6 cm³/mol. The maximum absolute atomic E-state index is 12.2. The highest BCUT2D eigenvalue weighted by molar-refractivity contribution is 7.16. The van der Waals surface area contributed by atoms with Crippen molar-refractivity contribution in [3.05, 3.63) is 46.2 Å². The van der Waals surface area contributed by atoms with E-state index in [0.717, 1.165) is 36.1 Å². The van der Waals surface area contributed by atoms with Crippen molar-refractivity contribution in [3.63, 3.8) is 0 Å². The third kappa shape index (κ3) is 3.41. The summed E-state index contributed by atoms with van der Waals surface area (Å²) in [5, 5.41) is 12.7. The summed E-state index contributed by atoms with van der Waals surface area (Å²) in [6, 6.07) is 6.91. The number of amides is 1. The van der Waals surface area contributed by atoms with Crippen LogP contribution in [0, 0.1) is 11.3 Å². The monoisotopic (exact) mass is 381 g/mol. The van der Waals surface area contributed by atoms with Gasteiger partial charge in [-0.3, -0.25) is 4.79 Å². The van der Waals surface area contributed by atoms with Gasteiger partial charge in [0.1, 0.15) is 16.6 Å². The number of esters is 1. The Morgan fingerprint density at radius 1 is 1.33 bits per heavy atom. The van der Waals surface area contributed by atoms with E-state index in [1.807, 2.05) is 0 Å². The Hall–Kier alpha value is -3.18. The second-order valence-corrected chi connectivity index (χ2v) is 7.29. The zero-order chi connectivity index (χ0) is 18.8. The molecule has 0 fully saturated rings. The molecule has 7 nitrogen and oxygen atoms in total. The van der Waals surface area contributed by atoms with Crippen LogP contribution in [-0.2, 0) is 22.4 Å². The van der Waals surface area contributed by atoms with E-state index in [2.05, 4.69) is 16.4 Å². The van der Waals surface area contributed by atoms with Crippen LogP contribution in [0.4, 0.5) is 5.00 Å². The average molecular weight is 381 g/mol. The van der Waals surface area contributed by atoms with Crippen LogP contribution in [-0.4, -0.2) is 23.5 Å². The molecule has 1 aliphatic carbocycles. The molecule has 3 aromatic rings. The Kier molecular flexibility index (Phi) is 4.60. The van der Waals surface area contributed by atoms with E-state index >= 15 is 0 Å². The summed E-state index contributed by atoms with van der Waals surface area (Å²) < 4.78 is 10.2. The highest BCUT2D eigenvalue weighted by Crippen LogP contribution is 2.37. The van der Waals surface area contributed by atoms with Gasteiger partial charge in [0, 0.05) is 4.88 Å². The van der Waals surface area contributed by atoms with Crippen molar-refractivity contribution in [2.45, 2.75) is 25.7 Å². The summed E-state index contributed by atoms with van der Waals surface area (Å²) in [5.41, 5.74) is 2.95. The molecule has 0 saturated heterocycles. The molecule has 0 atom stereocenters. The number of ether oxygens (including phenoxy) is 1. The van der Waals surface area contributed by atoms with Gasteiger partial charge in [-0.15, -0.1) is 11.3 Å². The van der Waals surface area contributed by atoms with E-state index in [4.69, 9.17) is 9.15 Å². The summed E-state index contributed by atoms with van der Waals surface area (Å²) in [4.78, 5) is 29.4. The number of nitrogens with zero attached hydrogens (tertiary/aromatic N) is 2. The molecule has 136 valence electrons. The number of aryl methyl sites for hydroxylation is 1. The number of hydrogen-bond acceptors (Lipinski definition) is 7. The molecule has 0 unspecified atom stereocenters. The summed E-state index contributed by atoms with van der Waals surface area (Å²) in [7, 11) is 0. The van der Waals surface area contributed by atoms with Gasteiger partial charge in [0.2, 0.25) is 0 Å². The van der Waals surface area contributed by atoms with Crippen LogP contribution in [0.1, 0.15) is 39.2 Å². The zero-order valence-electron chi connectivity index (χ0n) is 14.3. The molecule has 27 heavy (non-hydrogen) atoms. The van der Waals surface area contributed by atoms with E-state index < -0.39 is 18.5 Å². The lowest BCUT2D eigenvalue weighted by Gasteiger charge is -2.09. The first kappa shape index (κ1) is 17.2. The first-order valence-corrected chi connectivity index (χ1v) is 9.32. The summed E-state index contributed by atoms with van der Waals surface area (Å²) in [6.45, 7) is -0.430. The van der Waals surface area contributed by atoms with Crippen LogP contribution >= 0.6 is 11.3 Å². The van der Waals surface area contributed by atoms with Gasteiger partial charge in [0.05, 0.1) is 11.1 Å². The predicted octanol–water partition coefficient (Wildman–Crippen LogP) is 3.44. The normalized spacial score (nSPS) is 13.0. The molecule has 0 radical (unpaired) electrons. The van der Waals surface area contributed by atoms with Gasteiger partial charge in [-0.1, -0.05) is 0 Å². The van der Waals surface area contributed by atoms with Crippen LogP contribution in [0.5, 0.6) is 0 Å². The second kappa shape index (κ2) is 7.21. The van der Waals surface area contributed by atoms with Crippen molar-refractivity contribution in [3.8, 4) is 6.07 Å². The topological polar surface area (TPSA) is 105 Å². The Morgan fingerprint density at radius 3 is 3.04 bits per heavy atom. The molecule has 0 saturated carbocycles. The largest absolute Gasteiger partial charge is 0.452 e. The second-order valence-electron chi connectivity index (χ2n) is 6.19. The molecule has 4 rings (SSSR count). The van der Waals surface area contributed by atoms with E-state index in [0.29, 0.717) is 21.7 Å². The van der Waals surface area contributed by atoms with Gasteiger partial charge in [0.25, 0.3) is 5.91 Å². The Labute approximate surface area is 158 Å². The lowest BCUT2D eigenvalue weighted by Crippen LogP contribution is -2.20. The standard InChI is InChI=1S/C19H15N3O4S/c20-8-13-12-3-1-2-4-16(12)27-18(13)22-17(23)9-25-19(24)11-5-6-14-15(7-11)26-10-21-14/h5-7,10H,1-4,9H2,(H,22,23). The van der Waals surface area contributed by atoms with Crippen LogP contribution < -0.4 is 5.32 Å². The fourth-order valence-corrected chi connectivity index (χ4v) is 4.39. The molecular formula is C19H15N3O4S. The fourth-order valence-electron chi connectivity index (χ4n) is 3.13. The summed E-state index contributed by atoms with van der Waals surface area (Å²) in [5.74, 6) is -1.10. The molecular weight excluding hydrogens is 366 g/mol. The van der Waals surface area contributed by atoms with Gasteiger partial charge < -0.3 is 14.5 Å². The average Bonchev–Trinajstić information content (AvgIpc) is 3.29. The van der Waals surface area contributed by atoms with Crippen LogP contribution in [0.3, 0.4) is 0 Å². The summed E-state index contributed by atoms with van der Waals surface area (Å²) in [6.07, 6.45) is 5.24. The fraction of sp³-hybridized carbons (Fsp3) is 0.263. The van der Waals surface area contributed by atoms with Crippen molar-refractivity contribution in [1.82, 2.24) is 4.98 Å². The van der Waals surface area contributed by atoms with Gasteiger partial charge in [-0.25, -0.2) is 9.78 Å². The molecule has 1 aliphatic rings. The number of carbonyl (C=O) groups is 2. The first-order chi connectivity index (χ1) is 13.2. The molecule has 1 amide bonds. The Bertz CT molecular complexity index is 1080. The van der Waals surface area contributed by atoms with E-state index in [-0.39, 0.29) is 5.56 Å². The molecule has 0 aliphatic heterocycles. The quantitative estimate of drug-likeness (QED) is 0.694. The SMILES string of the molecule is N#Cc1c(NC(=O)COC(=O)c2ccc3ncoc3c2)sc2c1CCCC2.